The normalized spacial score (nSPS) is 23.7. The Bertz CT molecular complexity index is 2660. The minimum atomic E-state index is -1.25. The molecular formula is C62H64O11S. The van der Waals surface area contributed by atoms with Crippen LogP contribution >= 0.6 is 11.8 Å². The fourth-order valence-electron chi connectivity index (χ4n) is 9.06. The van der Waals surface area contributed by atoms with Gasteiger partial charge in [-0.2, -0.15) is 0 Å². The van der Waals surface area contributed by atoms with Crippen molar-refractivity contribution in [1.29, 1.82) is 0 Å². The molecule has 2 fully saturated rings. The number of carbonyl (C=O) groups is 1. The van der Waals surface area contributed by atoms with Crippen molar-refractivity contribution in [3.05, 3.63) is 246 Å². The van der Waals surface area contributed by atoms with Gasteiger partial charge in [0, 0.05) is 11.8 Å². The van der Waals surface area contributed by atoms with Crippen LogP contribution in [0, 0.1) is 0 Å². The molecule has 2 saturated heterocycles. The Hall–Kier alpha value is -6.00. The molecule has 12 heteroatoms. The number of ether oxygens (including phenoxy) is 10. The summed E-state index contributed by atoms with van der Waals surface area (Å²) in [6, 6.07) is 69.8. The first-order valence-electron chi connectivity index (χ1n) is 25.2. The summed E-state index contributed by atoms with van der Waals surface area (Å²) in [6.07, 6.45) is -7.97. The molecule has 7 aromatic rings. The minimum absolute atomic E-state index is 0.0904. The van der Waals surface area contributed by atoms with Crippen molar-refractivity contribution in [2.75, 3.05) is 13.2 Å². The first-order valence-corrected chi connectivity index (χ1v) is 26.1. The summed E-state index contributed by atoms with van der Waals surface area (Å²) in [7, 11) is 0. The maximum atomic E-state index is 13.5. The largest absolute Gasteiger partial charge is 0.454 e. The van der Waals surface area contributed by atoms with Crippen LogP contribution < -0.4 is 0 Å². The SMILES string of the molecule is CC(=O)O[C@H]1[C@H](O[C@H]2[C@@H](OCc3ccccc3)[C@H](OCc3ccccc3)[C@@H](COCc3ccccc3)O[C@@H]2Sc2ccccc2)O[C@H](COCc2ccccc2)[C@@H](OCc2ccccc2)[C@@H]1OCc1ccccc1. The molecule has 7 aromatic carbocycles. The highest BCUT2D eigenvalue weighted by atomic mass is 32.2. The van der Waals surface area contributed by atoms with Gasteiger partial charge in [-0.3, -0.25) is 4.79 Å². The summed E-state index contributed by atoms with van der Waals surface area (Å²) in [4.78, 5) is 14.4. The molecule has 2 heterocycles. The lowest BCUT2D eigenvalue weighted by Gasteiger charge is -2.50. The van der Waals surface area contributed by atoms with Gasteiger partial charge < -0.3 is 47.4 Å². The van der Waals surface area contributed by atoms with E-state index in [9.17, 15) is 4.79 Å². The quantitative estimate of drug-likeness (QED) is 0.0509. The zero-order valence-corrected chi connectivity index (χ0v) is 42.4. The van der Waals surface area contributed by atoms with Gasteiger partial charge in [-0.1, -0.05) is 212 Å². The van der Waals surface area contributed by atoms with Gasteiger partial charge in [0.2, 0.25) is 0 Å². The highest BCUT2D eigenvalue weighted by molar-refractivity contribution is 7.99. The van der Waals surface area contributed by atoms with Gasteiger partial charge in [-0.15, -0.1) is 0 Å². The van der Waals surface area contributed by atoms with Crippen molar-refractivity contribution in [1.82, 2.24) is 0 Å². The molecule has 11 nitrogen and oxygen atoms in total. The standard InChI is InChI=1S/C62H64O11S/c1-45(63)70-59-57(68-41-50-31-17-6-18-32-50)55(66-39-48-27-13-4-14-28-48)53(43-64-37-46-23-9-2-10-24-46)71-61(59)73-60-58(69-42-51-33-19-7-20-34-51)56(67-40-49-29-15-5-16-30-49)54(44-65-38-47-25-11-3-12-26-47)72-62(60)74-52-35-21-8-22-36-52/h2-36,53-62H,37-44H2,1H3/t53-,54-,55-,56-,57+,58+,59-,60+,61+,62-/m1/s1. The molecule has 0 N–H and O–H groups in total. The molecule has 0 spiro atoms. The molecule has 0 radical (unpaired) electrons. The minimum Gasteiger partial charge on any atom is -0.454 e. The van der Waals surface area contributed by atoms with Crippen molar-refractivity contribution in [2.24, 2.45) is 0 Å². The summed E-state index contributed by atoms with van der Waals surface area (Å²) in [5.74, 6) is -0.548. The molecule has 0 bridgehead atoms. The molecule has 74 heavy (non-hydrogen) atoms. The van der Waals surface area contributed by atoms with Gasteiger partial charge in [-0.05, 0) is 45.5 Å². The second-order valence-corrected chi connectivity index (χ2v) is 19.4. The molecule has 0 unspecified atom stereocenters. The van der Waals surface area contributed by atoms with E-state index in [2.05, 4.69) is 0 Å². The third-order valence-electron chi connectivity index (χ3n) is 12.7. The molecule has 10 atom stereocenters. The molecule has 384 valence electrons. The molecule has 9 rings (SSSR count). The Morgan fingerprint density at radius 2 is 0.716 bits per heavy atom. The van der Waals surface area contributed by atoms with Crippen molar-refractivity contribution in [3.63, 3.8) is 0 Å². The summed E-state index contributed by atoms with van der Waals surface area (Å²) in [5, 5.41) is 0. The molecule has 0 amide bonds. The molecule has 2 aliphatic heterocycles. The van der Waals surface area contributed by atoms with Gasteiger partial charge in [0.15, 0.2) is 12.4 Å². The Kier molecular flexibility index (Phi) is 20.0. The first kappa shape index (κ1) is 52.8. The second kappa shape index (κ2) is 28.1. The summed E-state index contributed by atoms with van der Waals surface area (Å²) in [6.45, 7) is 3.22. The van der Waals surface area contributed by atoms with E-state index in [1.54, 1.807) is 0 Å². The average molecular weight is 1020 g/mol. The smallest absolute Gasteiger partial charge is 0.303 e. The maximum Gasteiger partial charge on any atom is 0.303 e. The Morgan fingerprint density at radius 1 is 0.392 bits per heavy atom. The monoisotopic (exact) mass is 1020 g/mol. The number of rotatable bonds is 25. The van der Waals surface area contributed by atoms with Crippen LogP contribution in [0.5, 0.6) is 0 Å². The van der Waals surface area contributed by atoms with Crippen molar-refractivity contribution >= 4 is 17.7 Å². The maximum absolute atomic E-state index is 13.5. The number of hydrogen-bond donors (Lipinski definition) is 0. The fourth-order valence-corrected chi connectivity index (χ4v) is 10.2. The van der Waals surface area contributed by atoms with Gasteiger partial charge in [0.1, 0.15) is 48.2 Å². The first-order chi connectivity index (χ1) is 36.5. The van der Waals surface area contributed by atoms with E-state index < -0.39 is 66.5 Å². The molecule has 2 aliphatic rings. The Balaban J connectivity index is 1.11. The van der Waals surface area contributed by atoms with E-state index in [1.165, 1.54) is 18.7 Å². The molecule has 0 aromatic heterocycles. The van der Waals surface area contributed by atoms with E-state index in [-0.39, 0.29) is 39.6 Å². The van der Waals surface area contributed by atoms with Crippen molar-refractivity contribution in [3.8, 4) is 0 Å². The van der Waals surface area contributed by atoms with E-state index in [1.807, 2.05) is 212 Å². The predicted octanol–water partition coefficient (Wildman–Crippen LogP) is 11.3. The van der Waals surface area contributed by atoms with Gasteiger partial charge in [0.05, 0.1) is 52.9 Å². The highest BCUT2D eigenvalue weighted by Gasteiger charge is 2.55. The van der Waals surface area contributed by atoms with Crippen LogP contribution in [-0.4, -0.2) is 79.7 Å². The van der Waals surface area contributed by atoms with Crippen LogP contribution in [0.3, 0.4) is 0 Å². The van der Waals surface area contributed by atoms with E-state index in [0.717, 1.165) is 38.3 Å². The summed E-state index contributed by atoms with van der Waals surface area (Å²) >= 11 is 1.50. The van der Waals surface area contributed by atoms with Crippen LogP contribution in [0.1, 0.15) is 40.3 Å². The lowest BCUT2D eigenvalue weighted by atomic mass is 9.96. The van der Waals surface area contributed by atoms with Crippen LogP contribution in [-0.2, 0) is 91.8 Å². The Morgan fingerprint density at radius 3 is 1.09 bits per heavy atom. The average Bonchev–Trinajstić information content (AvgIpc) is 3.44. The lowest BCUT2D eigenvalue weighted by Crippen LogP contribution is -2.66. The third-order valence-corrected chi connectivity index (χ3v) is 13.9. The Labute approximate surface area is 438 Å². The number of carbonyl (C=O) groups excluding carboxylic acids is 1. The fraction of sp³-hybridized carbons (Fsp3) is 0.306. The second-order valence-electron chi connectivity index (χ2n) is 18.2. The van der Waals surface area contributed by atoms with Crippen LogP contribution in [0.25, 0.3) is 0 Å². The lowest BCUT2D eigenvalue weighted by molar-refractivity contribution is -0.351. The topological polar surface area (TPSA) is 109 Å². The molecule has 0 aliphatic carbocycles. The molecule has 0 saturated carbocycles. The zero-order valence-electron chi connectivity index (χ0n) is 41.5. The van der Waals surface area contributed by atoms with E-state index in [4.69, 9.17) is 47.4 Å². The number of thioether (sulfide) groups is 1. The van der Waals surface area contributed by atoms with E-state index in [0.29, 0.717) is 13.2 Å². The summed E-state index contributed by atoms with van der Waals surface area (Å²) < 4.78 is 69.0. The van der Waals surface area contributed by atoms with Crippen LogP contribution in [0.15, 0.2) is 217 Å². The van der Waals surface area contributed by atoms with Gasteiger partial charge in [0.25, 0.3) is 0 Å². The number of benzene rings is 7. The zero-order chi connectivity index (χ0) is 50.6. The number of hydrogen-bond acceptors (Lipinski definition) is 12. The highest BCUT2D eigenvalue weighted by Crippen LogP contribution is 2.41. The van der Waals surface area contributed by atoms with Crippen LogP contribution in [0.4, 0.5) is 0 Å². The number of esters is 1. The van der Waals surface area contributed by atoms with E-state index >= 15 is 0 Å². The van der Waals surface area contributed by atoms with Crippen LogP contribution in [0.2, 0.25) is 0 Å². The van der Waals surface area contributed by atoms with Crippen molar-refractivity contribution in [2.45, 2.75) is 112 Å². The summed E-state index contributed by atoms with van der Waals surface area (Å²) in [5.41, 5.74) is 5.09. The third kappa shape index (κ3) is 15.5. The van der Waals surface area contributed by atoms with Gasteiger partial charge in [-0.25, -0.2) is 0 Å². The predicted molar refractivity (Wildman–Crippen MR) is 282 cm³/mol. The van der Waals surface area contributed by atoms with Gasteiger partial charge >= 0.3 is 5.97 Å². The molecular weight excluding hydrogens is 953 g/mol. The van der Waals surface area contributed by atoms with Crippen molar-refractivity contribution < 1.29 is 52.2 Å².